The molecule has 2 unspecified atom stereocenters. The molecular weight excluding hydrogens is 292 g/mol. The Morgan fingerprint density at radius 1 is 1.52 bits per heavy atom. The van der Waals surface area contributed by atoms with Gasteiger partial charge in [-0.05, 0) is 30.5 Å². The van der Waals surface area contributed by atoms with Crippen LogP contribution >= 0.6 is 0 Å². The van der Waals surface area contributed by atoms with Gasteiger partial charge < -0.3 is 15.2 Å². The van der Waals surface area contributed by atoms with Crippen molar-refractivity contribution in [2.45, 2.75) is 45.1 Å². The summed E-state index contributed by atoms with van der Waals surface area (Å²) in [5, 5.41) is 21.6. The lowest BCUT2D eigenvalue weighted by Crippen LogP contribution is -2.45. The third kappa shape index (κ3) is 4.97. The van der Waals surface area contributed by atoms with Crippen LogP contribution in [-0.4, -0.2) is 30.3 Å². The molecule has 0 bridgehead atoms. The van der Waals surface area contributed by atoms with E-state index in [9.17, 15) is 9.90 Å². The number of hydrogen-bond donors (Lipinski definition) is 2. The molecule has 0 saturated heterocycles. The predicted octanol–water partition coefficient (Wildman–Crippen LogP) is 2.19. The van der Waals surface area contributed by atoms with Gasteiger partial charge in [-0.2, -0.15) is 5.26 Å². The summed E-state index contributed by atoms with van der Waals surface area (Å²) >= 11 is 0. The minimum absolute atomic E-state index is 0.00804. The van der Waals surface area contributed by atoms with E-state index < -0.39 is 0 Å². The molecule has 5 heteroatoms. The van der Waals surface area contributed by atoms with Gasteiger partial charge in [0.2, 0.25) is 5.91 Å². The lowest BCUT2D eigenvalue weighted by Gasteiger charge is -2.38. The van der Waals surface area contributed by atoms with Crippen LogP contribution in [0.15, 0.2) is 24.3 Å². The van der Waals surface area contributed by atoms with Gasteiger partial charge >= 0.3 is 0 Å². The van der Waals surface area contributed by atoms with Crippen LogP contribution in [0.25, 0.3) is 0 Å². The number of benzene rings is 1. The SMILES string of the molecule is CC1(CNC(=O)Cc2cccc(OCC#N)c2)CCCCC1O. The highest BCUT2D eigenvalue weighted by Gasteiger charge is 2.35. The first-order valence-corrected chi connectivity index (χ1v) is 8.07. The highest BCUT2D eigenvalue weighted by Crippen LogP contribution is 2.35. The molecule has 1 aromatic carbocycles. The topological polar surface area (TPSA) is 82.3 Å². The fourth-order valence-electron chi connectivity index (χ4n) is 3.00. The highest BCUT2D eigenvalue weighted by atomic mass is 16.5. The number of nitrogens with zero attached hydrogens (tertiary/aromatic N) is 1. The zero-order valence-corrected chi connectivity index (χ0v) is 13.5. The molecule has 2 N–H and O–H groups in total. The normalized spacial score (nSPS) is 23.8. The molecule has 0 heterocycles. The van der Waals surface area contributed by atoms with E-state index in [0.717, 1.165) is 31.2 Å². The number of aliphatic hydroxyl groups is 1. The number of carbonyl (C=O) groups excluding carboxylic acids is 1. The van der Waals surface area contributed by atoms with Crippen molar-refractivity contribution in [1.29, 1.82) is 5.26 Å². The summed E-state index contributed by atoms with van der Waals surface area (Å²) in [5.74, 6) is 0.521. The Kier molecular flexibility index (Phi) is 6.00. The van der Waals surface area contributed by atoms with E-state index in [1.165, 1.54) is 0 Å². The predicted molar refractivity (Wildman–Crippen MR) is 86.8 cm³/mol. The number of carbonyl (C=O) groups is 1. The molecule has 1 aromatic rings. The second kappa shape index (κ2) is 7.98. The van der Waals surface area contributed by atoms with E-state index in [1.807, 2.05) is 25.1 Å². The minimum Gasteiger partial charge on any atom is -0.479 e. The zero-order valence-electron chi connectivity index (χ0n) is 13.5. The van der Waals surface area contributed by atoms with Gasteiger partial charge in [0.05, 0.1) is 12.5 Å². The highest BCUT2D eigenvalue weighted by molar-refractivity contribution is 5.78. The molecule has 2 rings (SSSR count). The van der Waals surface area contributed by atoms with Gasteiger partial charge in [-0.25, -0.2) is 0 Å². The maximum Gasteiger partial charge on any atom is 0.224 e. The number of nitriles is 1. The van der Waals surface area contributed by atoms with E-state index in [2.05, 4.69) is 5.32 Å². The van der Waals surface area contributed by atoms with Crippen molar-refractivity contribution < 1.29 is 14.6 Å². The summed E-state index contributed by atoms with van der Waals surface area (Å²) < 4.78 is 5.24. The molecule has 1 aliphatic carbocycles. The first-order chi connectivity index (χ1) is 11.0. The molecule has 1 aliphatic rings. The summed E-state index contributed by atoms with van der Waals surface area (Å²) in [5.41, 5.74) is 0.610. The number of hydrogen-bond acceptors (Lipinski definition) is 4. The summed E-state index contributed by atoms with van der Waals surface area (Å²) in [6.45, 7) is 2.52. The van der Waals surface area contributed by atoms with Gasteiger partial charge in [-0.3, -0.25) is 4.79 Å². The molecule has 23 heavy (non-hydrogen) atoms. The number of aliphatic hydroxyl groups excluding tert-OH is 1. The molecule has 1 amide bonds. The maximum atomic E-state index is 12.1. The summed E-state index contributed by atoms with van der Waals surface area (Å²) in [6.07, 6.45) is 3.81. The van der Waals surface area contributed by atoms with Crippen LogP contribution in [0, 0.1) is 16.7 Å². The standard InChI is InChI=1S/C18H24N2O3/c1-18(8-3-2-7-16(18)21)13-20-17(22)12-14-5-4-6-15(11-14)23-10-9-19/h4-6,11,16,21H,2-3,7-8,10,12-13H2,1H3,(H,20,22). The molecule has 5 nitrogen and oxygen atoms in total. The molecular formula is C18H24N2O3. The number of amides is 1. The molecule has 0 spiro atoms. The third-order valence-electron chi connectivity index (χ3n) is 4.54. The van der Waals surface area contributed by atoms with Crippen LogP contribution in [0.2, 0.25) is 0 Å². The van der Waals surface area contributed by atoms with E-state index in [0.29, 0.717) is 12.3 Å². The Balaban J connectivity index is 1.86. The molecule has 124 valence electrons. The van der Waals surface area contributed by atoms with Gasteiger partial charge in [0.25, 0.3) is 0 Å². The fourth-order valence-corrected chi connectivity index (χ4v) is 3.00. The number of ether oxygens (including phenoxy) is 1. The first kappa shape index (κ1) is 17.3. The van der Waals surface area contributed by atoms with E-state index in [1.54, 1.807) is 12.1 Å². The summed E-state index contributed by atoms with van der Waals surface area (Å²) in [4.78, 5) is 12.1. The Morgan fingerprint density at radius 2 is 2.35 bits per heavy atom. The Morgan fingerprint density at radius 3 is 3.09 bits per heavy atom. The Bertz CT molecular complexity index is 582. The average Bonchev–Trinajstić information content (AvgIpc) is 2.54. The Hall–Kier alpha value is -2.06. The first-order valence-electron chi connectivity index (χ1n) is 8.07. The summed E-state index contributed by atoms with van der Waals surface area (Å²) in [6, 6.07) is 9.11. The lowest BCUT2D eigenvalue weighted by atomic mass is 9.73. The second-order valence-electron chi connectivity index (χ2n) is 6.46. The van der Waals surface area contributed by atoms with Crippen molar-refractivity contribution >= 4 is 5.91 Å². The van der Waals surface area contributed by atoms with Crippen molar-refractivity contribution in [1.82, 2.24) is 5.32 Å². The minimum atomic E-state index is -0.348. The maximum absolute atomic E-state index is 12.1. The number of nitrogens with one attached hydrogen (secondary N) is 1. The van der Waals surface area contributed by atoms with E-state index >= 15 is 0 Å². The lowest BCUT2D eigenvalue weighted by molar-refractivity contribution is -0.121. The van der Waals surface area contributed by atoms with Crippen LogP contribution in [0.5, 0.6) is 5.75 Å². The monoisotopic (exact) mass is 316 g/mol. The number of rotatable bonds is 6. The van der Waals surface area contributed by atoms with Crippen molar-refractivity contribution in [3.05, 3.63) is 29.8 Å². The van der Waals surface area contributed by atoms with Crippen molar-refractivity contribution in [2.75, 3.05) is 13.2 Å². The molecule has 0 radical (unpaired) electrons. The van der Waals surface area contributed by atoms with Crippen LogP contribution < -0.4 is 10.1 Å². The van der Waals surface area contributed by atoms with Gasteiger partial charge in [-0.1, -0.05) is 31.9 Å². The zero-order chi connectivity index (χ0) is 16.7. The van der Waals surface area contributed by atoms with Gasteiger partial charge in [0.15, 0.2) is 6.61 Å². The van der Waals surface area contributed by atoms with Crippen LogP contribution in [0.3, 0.4) is 0 Å². The van der Waals surface area contributed by atoms with Gasteiger partial charge in [0.1, 0.15) is 11.8 Å². The smallest absolute Gasteiger partial charge is 0.224 e. The van der Waals surface area contributed by atoms with Crippen LogP contribution in [0.4, 0.5) is 0 Å². The fraction of sp³-hybridized carbons (Fsp3) is 0.556. The molecule has 1 saturated carbocycles. The molecule has 0 aliphatic heterocycles. The summed E-state index contributed by atoms with van der Waals surface area (Å²) in [7, 11) is 0. The van der Waals surface area contributed by atoms with Gasteiger partial charge in [0, 0.05) is 12.0 Å². The third-order valence-corrected chi connectivity index (χ3v) is 4.54. The van der Waals surface area contributed by atoms with Crippen LogP contribution in [0.1, 0.15) is 38.2 Å². The largest absolute Gasteiger partial charge is 0.479 e. The quantitative estimate of drug-likeness (QED) is 0.843. The molecule has 0 aromatic heterocycles. The second-order valence-corrected chi connectivity index (χ2v) is 6.46. The average molecular weight is 316 g/mol. The van der Waals surface area contributed by atoms with Crippen molar-refractivity contribution in [3.8, 4) is 11.8 Å². The molecule has 2 atom stereocenters. The Labute approximate surface area is 137 Å². The van der Waals surface area contributed by atoms with E-state index in [-0.39, 0.29) is 30.5 Å². The van der Waals surface area contributed by atoms with E-state index in [4.69, 9.17) is 10.00 Å². The van der Waals surface area contributed by atoms with Crippen LogP contribution in [-0.2, 0) is 11.2 Å². The van der Waals surface area contributed by atoms with Crippen molar-refractivity contribution in [3.63, 3.8) is 0 Å². The molecule has 1 fully saturated rings. The van der Waals surface area contributed by atoms with Crippen molar-refractivity contribution in [2.24, 2.45) is 5.41 Å². The van der Waals surface area contributed by atoms with Gasteiger partial charge in [-0.15, -0.1) is 0 Å².